The SMILES string of the molecule is CCN1C(Br)=NSc2cc(Br)c(Br)cc21. The molecule has 0 spiro atoms. The molecule has 0 saturated heterocycles. The second-order valence-electron chi connectivity index (χ2n) is 2.93. The Balaban J connectivity index is 2.53. The molecule has 0 radical (unpaired) electrons. The molecule has 0 atom stereocenters. The molecule has 0 bridgehead atoms. The van der Waals surface area contributed by atoms with Gasteiger partial charge in [-0.3, -0.25) is 0 Å². The quantitative estimate of drug-likeness (QED) is 0.484. The average molecular weight is 415 g/mol. The topological polar surface area (TPSA) is 15.6 Å². The van der Waals surface area contributed by atoms with Crippen molar-refractivity contribution in [3.8, 4) is 0 Å². The van der Waals surface area contributed by atoms with Gasteiger partial charge in [-0.25, -0.2) is 0 Å². The maximum atomic E-state index is 4.33. The summed E-state index contributed by atoms with van der Waals surface area (Å²) in [7, 11) is 0. The molecule has 0 amide bonds. The third-order valence-electron chi connectivity index (χ3n) is 2.05. The van der Waals surface area contributed by atoms with Crippen molar-refractivity contribution < 1.29 is 0 Å². The third kappa shape index (κ3) is 2.28. The summed E-state index contributed by atoms with van der Waals surface area (Å²) in [6.45, 7) is 3.00. The highest BCUT2D eigenvalue weighted by atomic mass is 79.9. The van der Waals surface area contributed by atoms with Crippen LogP contribution < -0.4 is 4.90 Å². The van der Waals surface area contributed by atoms with E-state index >= 15 is 0 Å². The Morgan fingerprint density at radius 3 is 2.60 bits per heavy atom. The van der Waals surface area contributed by atoms with Crippen molar-refractivity contribution in [2.24, 2.45) is 4.40 Å². The summed E-state index contributed by atoms with van der Waals surface area (Å²) in [5.41, 5.74) is 1.18. The van der Waals surface area contributed by atoms with Crippen molar-refractivity contribution in [2.75, 3.05) is 11.4 Å². The van der Waals surface area contributed by atoms with Gasteiger partial charge >= 0.3 is 0 Å². The van der Waals surface area contributed by atoms with Crippen molar-refractivity contribution >= 4 is 70.2 Å². The van der Waals surface area contributed by atoms with Crippen LogP contribution in [-0.4, -0.2) is 11.3 Å². The van der Waals surface area contributed by atoms with Crippen LogP contribution in [0.3, 0.4) is 0 Å². The number of fused-ring (bicyclic) bond motifs is 1. The van der Waals surface area contributed by atoms with E-state index in [2.05, 4.69) is 76.1 Å². The number of amidine groups is 1. The van der Waals surface area contributed by atoms with Gasteiger partial charge in [0.05, 0.1) is 10.6 Å². The molecule has 15 heavy (non-hydrogen) atoms. The molecule has 0 unspecified atom stereocenters. The van der Waals surface area contributed by atoms with Gasteiger partial charge in [0, 0.05) is 27.4 Å². The predicted molar refractivity (Wildman–Crippen MR) is 77.1 cm³/mol. The molecule has 1 aliphatic heterocycles. The predicted octanol–water partition coefficient (Wildman–Crippen LogP) is 4.81. The Kier molecular flexibility index (Phi) is 3.80. The highest BCUT2D eigenvalue weighted by molar-refractivity contribution is 9.18. The Morgan fingerprint density at radius 1 is 1.27 bits per heavy atom. The van der Waals surface area contributed by atoms with E-state index in [-0.39, 0.29) is 0 Å². The Morgan fingerprint density at radius 2 is 1.93 bits per heavy atom. The lowest BCUT2D eigenvalue weighted by Crippen LogP contribution is -2.28. The van der Waals surface area contributed by atoms with E-state index in [1.54, 1.807) is 0 Å². The van der Waals surface area contributed by atoms with Gasteiger partial charge in [0.25, 0.3) is 0 Å². The van der Waals surface area contributed by atoms with Crippen molar-refractivity contribution in [2.45, 2.75) is 11.8 Å². The van der Waals surface area contributed by atoms with E-state index in [4.69, 9.17) is 0 Å². The van der Waals surface area contributed by atoms with Crippen LogP contribution in [0.25, 0.3) is 0 Å². The lowest BCUT2D eigenvalue weighted by Gasteiger charge is -2.27. The normalized spacial score (nSPS) is 14.9. The van der Waals surface area contributed by atoms with Crippen LogP contribution in [0, 0.1) is 0 Å². The second-order valence-corrected chi connectivity index (χ2v) is 6.15. The van der Waals surface area contributed by atoms with Gasteiger partial charge in [-0.1, -0.05) is 0 Å². The standard InChI is InChI=1S/C9H7Br3N2S/c1-2-14-7-3-5(10)6(11)4-8(7)15-13-9(14)12/h3-4H,2H2,1H3. The summed E-state index contributed by atoms with van der Waals surface area (Å²) in [4.78, 5) is 3.29. The Bertz CT molecular complexity index is 434. The molecular formula is C9H7Br3N2S. The maximum absolute atomic E-state index is 4.33. The molecule has 2 nitrogen and oxygen atoms in total. The van der Waals surface area contributed by atoms with Gasteiger partial charge < -0.3 is 4.90 Å². The summed E-state index contributed by atoms with van der Waals surface area (Å²) in [5.74, 6) is 0. The molecule has 6 heteroatoms. The molecule has 0 N–H and O–H groups in total. The van der Waals surface area contributed by atoms with Gasteiger partial charge in [0.15, 0.2) is 4.74 Å². The first-order valence-corrected chi connectivity index (χ1v) is 7.45. The molecule has 1 aliphatic rings. The summed E-state index contributed by atoms with van der Waals surface area (Å²) < 4.78 is 7.32. The highest BCUT2D eigenvalue weighted by Gasteiger charge is 2.20. The molecule has 0 saturated carbocycles. The molecule has 1 aromatic carbocycles. The Hall–Kier alpha value is 0.480. The van der Waals surface area contributed by atoms with Crippen LogP contribution >= 0.6 is 59.7 Å². The van der Waals surface area contributed by atoms with Crippen LogP contribution in [0.1, 0.15) is 6.92 Å². The minimum absolute atomic E-state index is 0.872. The van der Waals surface area contributed by atoms with E-state index in [9.17, 15) is 0 Å². The summed E-state index contributed by atoms with van der Waals surface area (Å²) in [6, 6.07) is 4.18. The first-order chi connectivity index (χ1) is 7.13. The lowest BCUT2D eigenvalue weighted by atomic mass is 10.3. The second kappa shape index (κ2) is 4.77. The van der Waals surface area contributed by atoms with Crippen LogP contribution in [0.4, 0.5) is 5.69 Å². The summed E-state index contributed by atoms with van der Waals surface area (Å²) >= 11 is 11.9. The molecule has 2 rings (SSSR count). The fourth-order valence-electron chi connectivity index (χ4n) is 1.34. The average Bonchev–Trinajstić information content (AvgIpc) is 2.21. The van der Waals surface area contributed by atoms with Crippen LogP contribution in [-0.2, 0) is 0 Å². The van der Waals surface area contributed by atoms with E-state index in [0.717, 1.165) is 25.1 Å². The lowest BCUT2D eigenvalue weighted by molar-refractivity contribution is 1.04. The first kappa shape index (κ1) is 12.0. The van der Waals surface area contributed by atoms with Gasteiger partial charge in [-0.05, 0) is 66.8 Å². The third-order valence-corrected chi connectivity index (χ3v) is 5.52. The number of rotatable bonds is 1. The van der Waals surface area contributed by atoms with Crippen molar-refractivity contribution in [3.05, 3.63) is 21.1 Å². The molecule has 0 aliphatic carbocycles. The molecule has 80 valence electrons. The molecule has 1 heterocycles. The van der Waals surface area contributed by atoms with E-state index < -0.39 is 0 Å². The number of halogens is 3. The van der Waals surface area contributed by atoms with Crippen LogP contribution in [0.2, 0.25) is 0 Å². The zero-order chi connectivity index (χ0) is 11.0. The summed E-state index contributed by atoms with van der Waals surface area (Å²) in [6.07, 6.45) is 0. The molecule has 0 aromatic heterocycles. The van der Waals surface area contributed by atoms with Crippen LogP contribution in [0.5, 0.6) is 0 Å². The van der Waals surface area contributed by atoms with Gasteiger partial charge in [-0.2, -0.15) is 4.40 Å². The molecule has 0 fully saturated rings. The number of hydrogen-bond donors (Lipinski definition) is 0. The van der Waals surface area contributed by atoms with Gasteiger partial charge in [0.2, 0.25) is 0 Å². The number of nitrogens with zero attached hydrogens (tertiary/aromatic N) is 2. The summed E-state index contributed by atoms with van der Waals surface area (Å²) in [5, 5.41) is 0. The van der Waals surface area contributed by atoms with Gasteiger partial charge in [0.1, 0.15) is 0 Å². The maximum Gasteiger partial charge on any atom is 0.185 e. The zero-order valence-corrected chi connectivity index (χ0v) is 13.4. The van der Waals surface area contributed by atoms with Crippen molar-refractivity contribution in [1.82, 2.24) is 0 Å². The fourth-order valence-corrected chi connectivity index (χ4v) is 3.53. The van der Waals surface area contributed by atoms with Crippen molar-refractivity contribution in [1.29, 1.82) is 0 Å². The van der Waals surface area contributed by atoms with Crippen molar-refractivity contribution in [3.63, 3.8) is 0 Å². The Labute approximate surface area is 118 Å². The minimum atomic E-state index is 0.872. The largest absolute Gasteiger partial charge is 0.319 e. The fraction of sp³-hybridized carbons (Fsp3) is 0.222. The molecular weight excluding hydrogens is 408 g/mol. The first-order valence-electron chi connectivity index (χ1n) is 4.30. The number of hydrogen-bond acceptors (Lipinski definition) is 3. The number of benzene rings is 1. The molecule has 1 aromatic rings. The monoisotopic (exact) mass is 412 g/mol. The van der Waals surface area contributed by atoms with E-state index in [0.29, 0.717) is 0 Å². The van der Waals surface area contributed by atoms with E-state index in [1.807, 2.05) is 0 Å². The highest BCUT2D eigenvalue weighted by Crippen LogP contribution is 2.41. The smallest absolute Gasteiger partial charge is 0.185 e. The number of anilines is 1. The minimum Gasteiger partial charge on any atom is -0.319 e. The van der Waals surface area contributed by atoms with Gasteiger partial charge in [-0.15, -0.1) is 0 Å². The van der Waals surface area contributed by atoms with Crippen LogP contribution in [0.15, 0.2) is 30.4 Å². The van der Waals surface area contributed by atoms with E-state index in [1.165, 1.54) is 17.6 Å². The zero-order valence-electron chi connectivity index (χ0n) is 7.80.